The summed E-state index contributed by atoms with van der Waals surface area (Å²) in [5.41, 5.74) is 6.77. The number of rotatable bonds is 8. The number of para-hydroxylation sites is 5. The summed E-state index contributed by atoms with van der Waals surface area (Å²) in [6.45, 7) is 6.54. The molecule has 0 aliphatic carbocycles. The lowest BCUT2D eigenvalue weighted by Crippen LogP contribution is -2.31. The average molecular weight is 913 g/mol. The molecule has 6 heteroatoms. The summed E-state index contributed by atoms with van der Waals surface area (Å²) in [7, 11) is 0. The standard InChI is InChI=1S/C64H46N4O2/c1-64(2,3)45-34-35-65-61(38-45)68-56-28-12-10-24-50(56)51-33-32-48(40-59(51)68)69-47-23-16-22-46(39-47)66-41-67(58-30-14-13-29-57(58)66)62-54(42-18-6-4-7-19-42)36-44(37-55(62)43-20-8-5-9-21-43)49-26-17-27-53-52-25-11-15-31-60(52)70-63(49)53/h4-40H,1-3H3/i4D,5D,6D,7D,8D,9D,18D,19D,20D,21D. The van der Waals surface area contributed by atoms with E-state index in [4.69, 9.17) is 22.4 Å². The van der Waals surface area contributed by atoms with Crippen molar-refractivity contribution in [1.29, 1.82) is 0 Å². The lowest BCUT2D eigenvalue weighted by atomic mass is 9.88. The van der Waals surface area contributed by atoms with Gasteiger partial charge in [0, 0.05) is 39.4 Å². The van der Waals surface area contributed by atoms with E-state index in [1.807, 2.05) is 128 Å². The van der Waals surface area contributed by atoms with Gasteiger partial charge < -0.3 is 9.15 Å². The normalized spacial score (nSPS) is 13.9. The van der Waals surface area contributed by atoms with Crippen molar-refractivity contribution in [3.63, 3.8) is 0 Å². The van der Waals surface area contributed by atoms with Crippen LogP contribution in [0.3, 0.4) is 0 Å². The van der Waals surface area contributed by atoms with Gasteiger partial charge in [-0.15, -0.1) is 0 Å². The largest absolute Gasteiger partial charge is 0.458 e. The zero-order valence-corrected chi connectivity index (χ0v) is 38.2. The number of nitrogens with zero attached hydrogens (tertiary/aromatic N) is 4. The fourth-order valence-corrected chi connectivity index (χ4v) is 9.66. The molecule has 334 valence electrons. The van der Waals surface area contributed by atoms with Gasteiger partial charge in [0.15, 0.2) is 0 Å². The third-order valence-corrected chi connectivity index (χ3v) is 12.9. The smallest absolute Gasteiger partial charge is 0.269 e. The van der Waals surface area contributed by atoms with Gasteiger partial charge in [-0.3, -0.25) is 13.7 Å². The van der Waals surface area contributed by atoms with Crippen molar-refractivity contribution in [3.8, 4) is 62.1 Å². The van der Waals surface area contributed by atoms with Gasteiger partial charge in [0.25, 0.3) is 6.33 Å². The molecule has 9 aromatic carbocycles. The number of benzene rings is 9. The van der Waals surface area contributed by atoms with Crippen molar-refractivity contribution in [1.82, 2.24) is 14.1 Å². The van der Waals surface area contributed by atoms with Crippen molar-refractivity contribution < 1.29 is 27.4 Å². The molecule has 70 heavy (non-hydrogen) atoms. The van der Waals surface area contributed by atoms with Crippen LogP contribution in [0, 0.1) is 6.33 Å². The molecular weight excluding hydrogens is 857 g/mol. The molecule has 13 aromatic rings. The molecule has 0 saturated heterocycles. The molecule has 0 aliphatic heterocycles. The maximum Gasteiger partial charge on any atom is 0.269 e. The van der Waals surface area contributed by atoms with E-state index in [0.29, 0.717) is 50.5 Å². The molecule has 0 spiro atoms. The first-order chi connectivity index (χ1) is 38.5. The van der Waals surface area contributed by atoms with Crippen LogP contribution in [0.2, 0.25) is 0 Å². The Balaban J connectivity index is 1.04. The predicted octanol–water partition coefficient (Wildman–Crippen LogP) is 16.2. The van der Waals surface area contributed by atoms with Crippen molar-refractivity contribution in [2.75, 3.05) is 0 Å². The summed E-state index contributed by atoms with van der Waals surface area (Å²) in [4.78, 5) is 4.85. The molecule has 4 aromatic heterocycles. The lowest BCUT2D eigenvalue weighted by Gasteiger charge is -2.20. The van der Waals surface area contributed by atoms with Crippen LogP contribution in [-0.2, 0) is 5.41 Å². The number of aromatic nitrogens is 4. The van der Waals surface area contributed by atoms with E-state index in [2.05, 4.69) is 55.9 Å². The summed E-state index contributed by atoms with van der Waals surface area (Å²) in [5, 5.41) is 3.75. The summed E-state index contributed by atoms with van der Waals surface area (Å²) in [6, 6.07) is 44.4. The van der Waals surface area contributed by atoms with Crippen molar-refractivity contribution in [2.45, 2.75) is 26.2 Å². The van der Waals surface area contributed by atoms with E-state index < -0.39 is 60.4 Å². The van der Waals surface area contributed by atoms with Crippen molar-refractivity contribution >= 4 is 54.8 Å². The number of pyridine rings is 1. The van der Waals surface area contributed by atoms with Gasteiger partial charge in [0.1, 0.15) is 28.5 Å². The highest BCUT2D eigenvalue weighted by molar-refractivity contribution is 6.11. The zero-order valence-electron chi connectivity index (χ0n) is 48.2. The highest BCUT2D eigenvalue weighted by Gasteiger charge is 2.24. The molecule has 4 heterocycles. The fourth-order valence-electron chi connectivity index (χ4n) is 9.66. The van der Waals surface area contributed by atoms with Gasteiger partial charge in [0.05, 0.1) is 47.1 Å². The summed E-state index contributed by atoms with van der Waals surface area (Å²) < 4.78 is 110. The Morgan fingerprint density at radius 3 is 1.99 bits per heavy atom. The molecule has 0 amide bonds. The predicted molar refractivity (Wildman–Crippen MR) is 285 cm³/mol. The summed E-state index contributed by atoms with van der Waals surface area (Å²) >= 11 is 0. The van der Waals surface area contributed by atoms with Crippen LogP contribution >= 0.6 is 0 Å². The summed E-state index contributed by atoms with van der Waals surface area (Å²) in [5.74, 6) is 1.86. The van der Waals surface area contributed by atoms with E-state index in [0.717, 1.165) is 44.0 Å². The molecule has 0 saturated carbocycles. The lowest BCUT2D eigenvalue weighted by molar-refractivity contribution is -0.571. The van der Waals surface area contributed by atoms with Crippen molar-refractivity contribution in [2.24, 2.45) is 0 Å². The van der Waals surface area contributed by atoms with Crippen LogP contribution in [0.1, 0.15) is 40.0 Å². The second-order valence-corrected chi connectivity index (χ2v) is 18.2. The Morgan fingerprint density at radius 1 is 0.557 bits per heavy atom. The third-order valence-electron chi connectivity index (χ3n) is 12.9. The molecule has 0 atom stereocenters. The first kappa shape index (κ1) is 31.9. The minimum Gasteiger partial charge on any atom is -0.458 e. The van der Waals surface area contributed by atoms with Crippen LogP contribution in [0.4, 0.5) is 0 Å². The molecule has 0 fully saturated rings. The van der Waals surface area contributed by atoms with E-state index in [1.54, 1.807) is 21.3 Å². The minimum atomic E-state index is -0.595. The monoisotopic (exact) mass is 912 g/mol. The van der Waals surface area contributed by atoms with Crippen LogP contribution in [0.5, 0.6) is 11.5 Å². The molecule has 0 bridgehead atoms. The maximum absolute atomic E-state index is 9.45. The molecule has 0 aliphatic rings. The Labute approximate surface area is 419 Å². The van der Waals surface area contributed by atoms with Gasteiger partial charge in [-0.1, -0.05) is 166 Å². The molecule has 0 N–H and O–H groups in total. The minimum absolute atomic E-state index is 0.101. The fraction of sp³-hybridized carbons (Fsp3) is 0.0625. The second-order valence-electron chi connectivity index (χ2n) is 18.2. The quantitative estimate of drug-likeness (QED) is 0.113. The number of furan rings is 1. The first-order valence-corrected chi connectivity index (χ1v) is 23.0. The maximum atomic E-state index is 9.45. The van der Waals surface area contributed by atoms with Gasteiger partial charge in [0.2, 0.25) is 0 Å². The highest BCUT2D eigenvalue weighted by Crippen LogP contribution is 2.43. The van der Waals surface area contributed by atoms with Gasteiger partial charge >= 0.3 is 0 Å². The van der Waals surface area contributed by atoms with E-state index >= 15 is 0 Å². The summed E-state index contributed by atoms with van der Waals surface area (Å²) in [6.07, 6.45) is 5.37. The third kappa shape index (κ3) is 6.95. The molecular formula is C64H46N4O2. The molecule has 6 nitrogen and oxygen atoms in total. The van der Waals surface area contributed by atoms with Crippen molar-refractivity contribution in [3.05, 3.63) is 236 Å². The zero-order chi connectivity index (χ0) is 55.6. The molecule has 0 unspecified atom stereocenters. The molecule has 0 radical (unpaired) electrons. The number of ether oxygens (including phenoxy) is 1. The van der Waals surface area contributed by atoms with Gasteiger partial charge in [-0.05, 0) is 106 Å². The van der Waals surface area contributed by atoms with E-state index in [-0.39, 0.29) is 33.4 Å². The number of hydrogen-bond donors (Lipinski definition) is 0. The number of hydrogen-bond acceptors (Lipinski definition) is 3. The van der Waals surface area contributed by atoms with E-state index in [9.17, 15) is 5.48 Å². The number of fused-ring (bicyclic) bond motifs is 7. The Hall–Kier alpha value is -9.00. The topological polar surface area (TPSA) is 49.0 Å². The van der Waals surface area contributed by atoms with Crippen LogP contribution in [-0.4, -0.2) is 14.1 Å². The van der Waals surface area contributed by atoms with Gasteiger partial charge in [-0.25, -0.2) is 4.98 Å². The highest BCUT2D eigenvalue weighted by atomic mass is 16.5. The second kappa shape index (κ2) is 16.4. The SMILES string of the molecule is [2H]c1c([2H])c([2H])c(-c2cc(-c3cccc4c3oc3ccccc34)cc(-c3c([2H])c([2H])c([2H])c([2H])c3[2H])c2-[n+]2[c-]n(-c3cccc(Oc4ccc5c6ccccc6n(-c6cc(C(C)(C)C)ccn6)c5c4)c3)c3ccccc32)c([2H])c1[2H]. The van der Waals surface area contributed by atoms with Crippen LogP contribution < -0.4 is 9.30 Å². The Morgan fingerprint density at radius 2 is 1.21 bits per heavy atom. The number of imidazole rings is 1. The molecule has 13 rings (SSSR count). The van der Waals surface area contributed by atoms with Crippen LogP contribution in [0.15, 0.2) is 229 Å². The Bertz CT molecular complexity index is 4620. The van der Waals surface area contributed by atoms with Crippen LogP contribution in [0.25, 0.3) is 105 Å². The van der Waals surface area contributed by atoms with Gasteiger partial charge in [-0.2, -0.15) is 0 Å². The Kier molecular flexibility index (Phi) is 7.45. The first-order valence-electron chi connectivity index (χ1n) is 28.0. The van der Waals surface area contributed by atoms with E-state index in [1.165, 1.54) is 0 Å². The average Bonchev–Trinajstić information content (AvgIpc) is 4.23.